The fraction of sp³-hybridized carbons (Fsp3) is 0.133. The SMILES string of the molecule is O=CCCN1C(=O)c2cccc3cccc(c23)C1=O. The lowest BCUT2D eigenvalue weighted by molar-refractivity contribution is -0.107. The summed E-state index contributed by atoms with van der Waals surface area (Å²) in [5.41, 5.74) is 1.05. The van der Waals surface area contributed by atoms with E-state index in [4.69, 9.17) is 0 Å². The third-order valence-corrected chi connectivity index (χ3v) is 3.33. The minimum atomic E-state index is -0.323. The van der Waals surface area contributed by atoms with Crippen LogP contribution in [0.25, 0.3) is 10.8 Å². The molecular formula is C15H11NO3. The topological polar surface area (TPSA) is 54.5 Å². The summed E-state index contributed by atoms with van der Waals surface area (Å²) in [6.45, 7) is 0.131. The molecule has 2 aromatic carbocycles. The van der Waals surface area contributed by atoms with Crippen LogP contribution in [-0.2, 0) is 4.79 Å². The van der Waals surface area contributed by atoms with E-state index in [-0.39, 0.29) is 24.8 Å². The molecule has 0 fully saturated rings. The van der Waals surface area contributed by atoms with Crippen molar-refractivity contribution in [3.05, 3.63) is 47.5 Å². The summed E-state index contributed by atoms with van der Waals surface area (Å²) >= 11 is 0. The van der Waals surface area contributed by atoms with Gasteiger partial charge in [0.05, 0.1) is 0 Å². The molecule has 0 spiro atoms. The smallest absolute Gasteiger partial charge is 0.261 e. The minimum absolute atomic E-state index is 0.131. The Morgan fingerprint density at radius 1 is 0.947 bits per heavy atom. The van der Waals surface area contributed by atoms with Gasteiger partial charge in [0.25, 0.3) is 11.8 Å². The van der Waals surface area contributed by atoms with Crippen LogP contribution in [0.2, 0.25) is 0 Å². The van der Waals surface area contributed by atoms with Crippen molar-refractivity contribution in [2.75, 3.05) is 6.54 Å². The summed E-state index contributed by atoms with van der Waals surface area (Å²) in [6.07, 6.45) is 0.872. The van der Waals surface area contributed by atoms with Gasteiger partial charge in [-0.1, -0.05) is 24.3 Å². The molecule has 0 bridgehead atoms. The zero-order valence-corrected chi connectivity index (χ0v) is 10.1. The Morgan fingerprint density at radius 2 is 1.53 bits per heavy atom. The van der Waals surface area contributed by atoms with E-state index in [0.29, 0.717) is 22.8 Å². The number of aldehydes is 1. The number of amides is 2. The molecule has 2 amide bonds. The molecule has 0 aromatic heterocycles. The highest BCUT2D eigenvalue weighted by atomic mass is 16.2. The third kappa shape index (κ3) is 1.64. The first kappa shape index (κ1) is 11.6. The lowest BCUT2D eigenvalue weighted by Crippen LogP contribution is -2.40. The molecule has 2 aromatic rings. The number of hydrogen-bond donors (Lipinski definition) is 0. The van der Waals surface area contributed by atoms with E-state index >= 15 is 0 Å². The maximum atomic E-state index is 12.3. The van der Waals surface area contributed by atoms with Gasteiger partial charge >= 0.3 is 0 Å². The van der Waals surface area contributed by atoms with Gasteiger partial charge in [0.2, 0.25) is 0 Å². The molecule has 3 rings (SSSR count). The lowest BCUT2D eigenvalue weighted by Gasteiger charge is -2.26. The maximum absolute atomic E-state index is 12.3. The number of carbonyl (C=O) groups is 3. The Hall–Kier alpha value is -2.49. The third-order valence-electron chi connectivity index (χ3n) is 3.33. The second-order valence-electron chi connectivity index (χ2n) is 4.43. The molecule has 0 saturated heterocycles. The minimum Gasteiger partial charge on any atom is -0.303 e. The van der Waals surface area contributed by atoms with Crippen LogP contribution in [0, 0.1) is 0 Å². The highest BCUT2D eigenvalue weighted by Gasteiger charge is 2.31. The molecular weight excluding hydrogens is 242 g/mol. The normalized spacial score (nSPS) is 14.0. The van der Waals surface area contributed by atoms with Crippen LogP contribution in [0.4, 0.5) is 0 Å². The Labute approximate surface area is 109 Å². The molecule has 0 radical (unpaired) electrons. The van der Waals surface area contributed by atoms with Crippen LogP contribution in [0.5, 0.6) is 0 Å². The van der Waals surface area contributed by atoms with Gasteiger partial charge in [0.1, 0.15) is 6.29 Å². The molecule has 1 heterocycles. The van der Waals surface area contributed by atoms with Crippen LogP contribution in [0.15, 0.2) is 36.4 Å². The Kier molecular flexibility index (Phi) is 2.63. The quantitative estimate of drug-likeness (QED) is 0.621. The Balaban J connectivity index is 2.22. The van der Waals surface area contributed by atoms with E-state index in [1.165, 1.54) is 0 Å². The maximum Gasteiger partial charge on any atom is 0.261 e. The van der Waals surface area contributed by atoms with E-state index in [0.717, 1.165) is 10.3 Å². The largest absolute Gasteiger partial charge is 0.303 e. The number of hydrogen-bond acceptors (Lipinski definition) is 3. The van der Waals surface area contributed by atoms with Gasteiger partial charge in [-0.05, 0) is 17.5 Å². The summed E-state index contributed by atoms with van der Waals surface area (Å²) in [4.78, 5) is 36.2. The summed E-state index contributed by atoms with van der Waals surface area (Å²) < 4.78 is 0. The number of imide groups is 1. The van der Waals surface area contributed by atoms with E-state index < -0.39 is 0 Å². The van der Waals surface area contributed by atoms with Gasteiger partial charge < -0.3 is 4.79 Å². The first-order valence-electron chi connectivity index (χ1n) is 6.05. The predicted octanol–water partition coefficient (Wildman–Crippen LogP) is 2.02. The standard InChI is InChI=1S/C15H11NO3/c17-9-3-8-16-14(18)11-6-1-4-10-5-2-7-12(13(10)11)15(16)19/h1-2,4-7,9H,3,8H2. The Bertz CT molecular complexity index is 655. The first-order valence-corrected chi connectivity index (χ1v) is 6.05. The number of rotatable bonds is 3. The summed E-state index contributed by atoms with van der Waals surface area (Å²) in [5.74, 6) is -0.646. The average molecular weight is 253 g/mol. The second kappa shape index (κ2) is 4.31. The van der Waals surface area contributed by atoms with Crippen molar-refractivity contribution in [3.8, 4) is 0 Å². The molecule has 0 atom stereocenters. The first-order chi connectivity index (χ1) is 9.24. The fourth-order valence-corrected chi connectivity index (χ4v) is 2.47. The van der Waals surface area contributed by atoms with Crippen LogP contribution >= 0.6 is 0 Å². The summed E-state index contributed by atoms with van der Waals surface area (Å²) in [5, 5.41) is 1.59. The molecule has 94 valence electrons. The van der Waals surface area contributed by atoms with E-state index in [1.807, 2.05) is 12.1 Å². The lowest BCUT2D eigenvalue weighted by atomic mass is 9.94. The molecule has 4 heteroatoms. The van der Waals surface area contributed by atoms with Crippen LogP contribution in [0.3, 0.4) is 0 Å². The van der Waals surface area contributed by atoms with E-state index in [9.17, 15) is 14.4 Å². The molecule has 19 heavy (non-hydrogen) atoms. The van der Waals surface area contributed by atoms with Crippen molar-refractivity contribution in [1.29, 1.82) is 0 Å². The summed E-state index contributed by atoms with van der Waals surface area (Å²) in [6, 6.07) is 10.8. The van der Waals surface area contributed by atoms with Crippen LogP contribution in [-0.4, -0.2) is 29.5 Å². The zero-order chi connectivity index (χ0) is 13.4. The highest BCUT2D eigenvalue weighted by Crippen LogP contribution is 2.29. The van der Waals surface area contributed by atoms with Gasteiger partial charge in [-0.25, -0.2) is 0 Å². The van der Waals surface area contributed by atoms with Gasteiger partial charge in [-0.2, -0.15) is 0 Å². The van der Waals surface area contributed by atoms with E-state index in [1.54, 1.807) is 24.3 Å². The van der Waals surface area contributed by atoms with E-state index in [2.05, 4.69) is 0 Å². The fourth-order valence-electron chi connectivity index (χ4n) is 2.47. The molecule has 4 nitrogen and oxygen atoms in total. The van der Waals surface area contributed by atoms with Gasteiger partial charge in [0.15, 0.2) is 0 Å². The Morgan fingerprint density at radius 3 is 2.05 bits per heavy atom. The monoisotopic (exact) mass is 253 g/mol. The van der Waals surface area contributed by atoms with Crippen molar-refractivity contribution in [1.82, 2.24) is 4.90 Å². The van der Waals surface area contributed by atoms with Crippen molar-refractivity contribution in [2.24, 2.45) is 0 Å². The molecule has 0 unspecified atom stereocenters. The second-order valence-corrected chi connectivity index (χ2v) is 4.43. The van der Waals surface area contributed by atoms with Gasteiger partial charge in [0, 0.05) is 29.5 Å². The van der Waals surface area contributed by atoms with Crippen LogP contribution in [0.1, 0.15) is 27.1 Å². The number of carbonyl (C=O) groups excluding carboxylic acids is 3. The van der Waals surface area contributed by atoms with Crippen molar-refractivity contribution in [2.45, 2.75) is 6.42 Å². The summed E-state index contributed by atoms with van der Waals surface area (Å²) in [7, 11) is 0. The van der Waals surface area contributed by atoms with Gasteiger partial charge in [-0.3, -0.25) is 14.5 Å². The number of nitrogens with zero attached hydrogens (tertiary/aromatic N) is 1. The molecule has 0 saturated carbocycles. The predicted molar refractivity (Wildman–Crippen MR) is 70.0 cm³/mol. The average Bonchev–Trinajstić information content (AvgIpc) is 2.44. The van der Waals surface area contributed by atoms with Crippen molar-refractivity contribution >= 4 is 28.9 Å². The van der Waals surface area contributed by atoms with Crippen molar-refractivity contribution < 1.29 is 14.4 Å². The molecule has 0 aliphatic carbocycles. The van der Waals surface area contributed by atoms with Crippen LogP contribution < -0.4 is 0 Å². The molecule has 1 aliphatic heterocycles. The van der Waals surface area contributed by atoms with Gasteiger partial charge in [-0.15, -0.1) is 0 Å². The molecule has 1 aliphatic rings. The zero-order valence-electron chi connectivity index (χ0n) is 10.1. The molecule has 0 N–H and O–H groups in total. The van der Waals surface area contributed by atoms with Crippen molar-refractivity contribution in [3.63, 3.8) is 0 Å². The highest BCUT2D eigenvalue weighted by molar-refractivity contribution is 6.25. The number of benzene rings is 2.